The zero-order valence-corrected chi connectivity index (χ0v) is 14.1. The molecule has 0 aromatic carbocycles. The largest absolute Gasteiger partial charge is 0.339 e. The molecule has 0 saturated carbocycles. The smallest absolute Gasteiger partial charge is 0.274 e. The van der Waals surface area contributed by atoms with E-state index in [9.17, 15) is 14.4 Å². The van der Waals surface area contributed by atoms with E-state index in [1.807, 2.05) is 13.8 Å². The summed E-state index contributed by atoms with van der Waals surface area (Å²) in [6.07, 6.45) is 4.99. The van der Waals surface area contributed by atoms with Crippen LogP contribution in [-0.4, -0.2) is 34.4 Å². The summed E-state index contributed by atoms with van der Waals surface area (Å²) in [5.74, 6) is -0.383. The summed E-state index contributed by atoms with van der Waals surface area (Å²) in [6, 6.07) is 1.50. The maximum atomic E-state index is 12.5. The molecule has 2 amide bonds. The third-order valence-electron chi connectivity index (χ3n) is 4.44. The van der Waals surface area contributed by atoms with Crippen LogP contribution in [0.1, 0.15) is 49.9 Å². The average molecular weight is 319 g/mol. The van der Waals surface area contributed by atoms with E-state index in [0.29, 0.717) is 5.56 Å². The Hall–Kier alpha value is -2.11. The summed E-state index contributed by atoms with van der Waals surface area (Å²) in [6.45, 7) is 5.38. The van der Waals surface area contributed by atoms with Gasteiger partial charge in [-0.3, -0.25) is 14.4 Å². The predicted molar refractivity (Wildman–Crippen MR) is 89.5 cm³/mol. The molecule has 1 aromatic heterocycles. The standard InChI is InChI=1S/C17H25N3O3/c1-4-12(5-2)15(21)18-14-10-13(11-19(3)17(14)23)16(22)20-8-6-7-9-20/h10-12H,4-9H2,1-3H3,(H,18,21). The molecule has 1 fully saturated rings. The predicted octanol–water partition coefficient (Wildman–Crippen LogP) is 2.00. The normalized spacial score (nSPS) is 14.3. The van der Waals surface area contributed by atoms with Crippen molar-refractivity contribution in [3.05, 3.63) is 28.2 Å². The van der Waals surface area contributed by atoms with Gasteiger partial charge in [0.05, 0.1) is 5.56 Å². The van der Waals surface area contributed by atoms with Crippen LogP contribution >= 0.6 is 0 Å². The van der Waals surface area contributed by atoms with Crippen molar-refractivity contribution in [1.29, 1.82) is 0 Å². The number of hydrogen-bond donors (Lipinski definition) is 1. The summed E-state index contributed by atoms with van der Waals surface area (Å²) in [5, 5.41) is 2.70. The van der Waals surface area contributed by atoms with Crippen molar-refractivity contribution >= 4 is 17.5 Å². The monoisotopic (exact) mass is 319 g/mol. The zero-order valence-electron chi connectivity index (χ0n) is 14.1. The molecule has 0 unspecified atom stereocenters. The van der Waals surface area contributed by atoms with Crippen molar-refractivity contribution < 1.29 is 9.59 Å². The molecule has 2 heterocycles. The molecule has 6 heteroatoms. The van der Waals surface area contributed by atoms with Crippen LogP contribution in [0.2, 0.25) is 0 Å². The highest BCUT2D eigenvalue weighted by atomic mass is 16.2. The molecule has 6 nitrogen and oxygen atoms in total. The number of anilines is 1. The lowest BCUT2D eigenvalue weighted by Gasteiger charge is -2.17. The van der Waals surface area contributed by atoms with Crippen LogP contribution in [0.5, 0.6) is 0 Å². The second-order valence-electron chi connectivity index (χ2n) is 6.06. The van der Waals surface area contributed by atoms with Gasteiger partial charge in [-0.1, -0.05) is 13.8 Å². The van der Waals surface area contributed by atoms with Crippen LogP contribution in [0.15, 0.2) is 17.1 Å². The van der Waals surface area contributed by atoms with E-state index in [-0.39, 0.29) is 29.0 Å². The highest BCUT2D eigenvalue weighted by Gasteiger charge is 2.22. The second-order valence-corrected chi connectivity index (χ2v) is 6.06. The van der Waals surface area contributed by atoms with Gasteiger partial charge in [-0.2, -0.15) is 0 Å². The van der Waals surface area contributed by atoms with E-state index in [1.165, 1.54) is 16.8 Å². The molecule has 1 aromatic rings. The van der Waals surface area contributed by atoms with Gasteiger partial charge in [0, 0.05) is 32.3 Å². The molecule has 0 aliphatic carbocycles. The average Bonchev–Trinajstić information content (AvgIpc) is 3.06. The number of aryl methyl sites for hydroxylation is 1. The number of amides is 2. The molecule has 1 saturated heterocycles. The van der Waals surface area contributed by atoms with Crippen molar-refractivity contribution in [3.63, 3.8) is 0 Å². The fourth-order valence-electron chi connectivity index (χ4n) is 2.92. The second kappa shape index (κ2) is 7.44. The molecule has 126 valence electrons. The minimum Gasteiger partial charge on any atom is -0.339 e. The minimum atomic E-state index is -0.303. The van der Waals surface area contributed by atoms with Crippen LogP contribution in [0.4, 0.5) is 5.69 Å². The Morgan fingerprint density at radius 1 is 1.22 bits per heavy atom. The van der Waals surface area contributed by atoms with Crippen LogP contribution in [0.3, 0.4) is 0 Å². The third-order valence-corrected chi connectivity index (χ3v) is 4.44. The molecular weight excluding hydrogens is 294 g/mol. The van der Waals surface area contributed by atoms with Gasteiger partial charge < -0.3 is 14.8 Å². The van der Waals surface area contributed by atoms with Crippen LogP contribution in [0, 0.1) is 5.92 Å². The first kappa shape index (κ1) is 17.2. The van der Waals surface area contributed by atoms with E-state index in [1.54, 1.807) is 11.9 Å². The van der Waals surface area contributed by atoms with Gasteiger partial charge >= 0.3 is 0 Å². The lowest BCUT2D eigenvalue weighted by atomic mass is 10.0. The summed E-state index contributed by atoms with van der Waals surface area (Å²) in [4.78, 5) is 38.7. The first-order valence-electron chi connectivity index (χ1n) is 8.28. The number of aromatic nitrogens is 1. The summed E-state index contributed by atoms with van der Waals surface area (Å²) >= 11 is 0. The van der Waals surface area contributed by atoms with Crippen molar-refractivity contribution in [1.82, 2.24) is 9.47 Å². The molecule has 1 N–H and O–H groups in total. The van der Waals surface area contributed by atoms with E-state index >= 15 is 0 Å². The van der Waals surface area contributed by atoms with E-state index < -0.39 is 0 Å². The first-order chi connectivity index (χ1) is 11.0. The molecule has 2 rings (SSSR count). The first-order valence-corrected chi connectivity index (χ1v) is 8.28. The fourth-order valence-corrected chi connectivity index (χ4v) is 2.92. The molecule has 0 bridgehead atoms. The maximum Gasteiger partial charge on any atom is 0.274 e. The molecule has 0 radical (unpaired) electrons. The summed E-state index contributed by atoms with van der Waals surface area (Å²) in [5.41, 5.74) is 0.311. The minimum absolute atomic E-state index is 0.0869. The molecule has 23 heavy (non-hydrogen) atoms. The number of hydrogen-bond acceptors (Lipinski definition) is 3. The summed E-state index contributed by atoms with van der Waals surface area (Å²) < 4.78 is 1.35. The van der Waals surface area contributed by atoms with E-state index in [2.05, 4.69) is 5.32 Å². The van der Waals surface area contributed by atoms with Crippen LogP contribution in [-0.2, 0) is 11.8 Å². The number of nitrogens with one attached hydrogen (secondary N) is 1. The van der Waals surface area contributed by atoms with Crippen LogP contribution in [0.25, 0.3) is 0 Å². The Morgan fingerprint density at radius 3 is 2.39 bits per heavy atom. The Bertz CT molecular complexity index is 641. The zero-order chi connectivity index (χ0) is 17.0. The topological polar surface area (TPSA) is 71.4 Å². The third kappa shape index (κ3) is 3.81. The molecule has 0 atom stereocenters. The van der Waals surface area contributed by atoms with E-state index in [0.717, 1.165) is 38.8 Å². The van der Waals surface area contributed by atoms with Gasteiger partial charge in [-0.15, -0.1) is 0 Å². The van der Waals surface area contributed by atoms with Crippen molar-refractivity contribution in [2.75, 3.05) is 18.4 Å². The number of carbonyl (C=O) groups excluding carboxylic acids is 2. The number of carbonyl (C=O) groups is 2. The van der Waals surface area contributed by atoms with E-state index in [4.69, 9.17) is 0 Å². The van der Waals surface area contributed by atoms with Crippen LogP contribution < -0.4 is 10.9 Å². The Kier molecular flexibility index (Phi) is 5.58. The Morgan fingerprint density at radius 2 is 1.83 bits per heavy atom. The number of rotatable bonds is 5. The van der Waals surface area contributed by atoms with Gasteiger partial charge in [-0.25, -0.2) is 0 Å². The Balaban J connectivity index is 2.27. The lowest BCUT2D eigenvalue weighted by Crippen LogP contribution is -2.32. The van der Waals surface area contributed by atoms with Crippen molar-refractivity contribution in [2.45, 2.75) is 39.5 Å². The SMILES string of the molecule is CCC(CC)C(=O)Nc1cc(C(=O)N2CCCC2)cn(C)c1=O. The van der Waals surface area contributed by atoms with Gasteiger partial charge in [0.1, 0.15) is 5.69 Å². The highest BCUT2D eigenvalue weighted by Crippen LogP contribution is 2.15. The van der Waals surface area contributed by atoms with Gasteiger partial charge in [0.2, 0.25) is 5.91 Å². The van der Waals surface area contributed by atoms with Gasteiger partial charge in [-0.05, 0) is 31.7 Å². The van der Waals surface area contributed by atoms with Crippen molar-refractivity contribution in [2.24, 2.45) is 13.0 Å². The quantitative estimate of drug-likeness (QED) is 0.902. The molecule has 1 aliphatic rings. The maximum absolute atomic E-state index is 12.5. The number of likely N-dealkylation sites (tertiary alicyclic amines) is 1. The number of nitrogens with zero attached hydrogens (tertiary/aromatic N) is 2. The van der Waals surface area contributed by atoms with Gasteiger partial charge in [0.25, 0.3) is 11.5 Å². The van der Waals surface area contributed by atoms with Gasteiger partial charge in [0.15, 0.2) is 0 Å². The molecule has 1 aliphatic heterocycles. The summed E-state index contributed by atoms with van der Waals surface area (Å²) in [7, 11) is 1.59. The Labute approximate surface area is 136 Å². The lowest BCUT2D eigenvalue weighted by molar-refractivity contribution is -0.120. The fraction of sp³-hybridized carbons (Fsp3) is 0.588. The molecular formula is C17H25N3O3. The number of pyridine rings is 1. The highest BCUT2D eigenvalue weighted by molar-refractivity contribution is 5.97. The molecule has 0 spiro atoms. The van der Waals surface area contributed by atoms with Crippen molar-refractivity contribution in [3.8, 4) is 0 Å².